The molecule has 1 saturated heterocycles. The number of amides is 5. The van der Waals surface area contributed by atoms with E-state index in [0.717, 1.165) is 9.99 Å². The SMILES string of the molecule is CC(=O)CN1CCN(CC(C)=O)CCN(CC(=O)NCCCCn2nncc2CNC(=O)CC[C@H](NC(=O)c2ccc(NCc3cnc4nc(C)[nH]c(=O)c4n3)cc2)C(=O)NC(CCCCNC(=O)CCCc2ccc(I)cc2)C(C)=O)CCN(CC(C)=O)CC1. The predicted octanol–water partition coefficient (Wildman–Crippen LogP) is 2.29. The molecule has 1 unspecified atom stereocenters. The first-order valence-corrected chi connectivity index (χ1v) is 32.2. The standard InChI is InChI=1S/C63H88IN17O10/c1-43(82)39-77-27-29-78(40-44(2)83)31-33-80(34-32-79(30-28-77)41-45(3)84)42-58(88)66-25-8-9-26-81-53(38-70-76-81)37-68-57(87)23-22-55(62(90)74-54(46(4)85)12-6-7-24-65-56(86)13-10-11-48-14-18-50(64)19-15-48)75-61(89)49-16-20-51(21-17-49)67-35-52-36-69-60-59(73-52)63(91)72-47(5)71-60/h14-21,36,38,54-55,67H,6-13,22-35,37,39-42H2,1-5H3,(H,65,86)(H,66,88)(H,68,87)(H,74,90)(H,75,89)(H,69,71,72,91)/t54?,55-/m0/s1. The molecule has 6 rings (SSSR count). The lowest BCUT2D eigenvalue weighted by molar-refractivity contribution is -0.128. The number of nitrogens with one attached hydrogen (secondary N) is 7. The zero-order valence-corrected chi connectivity index (χ0v) is 55.1. The fourth-order valence-corrected chi connectivity index (χ4v) is 10.7. The van der Waals surface area contributed by atoms with Gasteiger partial charge in [0, 0.05) is 99.7 Å². The minimum Gasteiger partial charge on any atom is -0.379 e. The second-order valence-corrected chi connectivity index (χ2v) is 24.4. The molecule has 1 fully saturated rings. The van der Waals surface area contributed by atoms with Crippen molar-refractivity contribution in [1.29, 1.82) is 0 Å². The van der Waals surface area contributed by atoms with Crippen molar-refractivity contribution in [2.75, 3.05) is 96.9 Å². The quantitative estimate of drug-likeness (QED) is 0.0226. The van der Waals surface area contributed by atoms with E-state index in [1.807, 2.05) is 17.0 Å². The van der Waals surface area contributed by atoms with Gasteiger partial charge in [-0.3, -0.25) is 67.5 Å². The highest BCUT2D eigenvalue weighted by atomic mass is 127. The van der Waals surface area contributed by atoms with E-state index in [-0.39, 0.29) is 110 Å². The Balaban J connectivity index is 0.986. The first-order valence-electron chi connectivity index (χ1n) is 31.1. The second kappa shape index (κ2) is 38.1. The highest BCUT2D eigenvalue weighted by Gasteiger charge is 2.27. The van der Waals surface area contributed by atoms with Crippen molar-refractivity contribution in [3.05, 3.63) is 103 Å². The average Bonchev–Trinajstić information content (AvgIpc) is 1.94. The number of aryl methyl sites for hydroxylation is 3. The van der Waals surface area contributed by atoms with Gasteiger partial charge in [0.25, 0.3) is 11.5 Å². The third-order valence-electron chi connectivity index (χ3n) is 15.2. The van der Waals surface area contributed by atoms with Crippen LogP contribution in [0, 0.1) is 10.5 Å². The van der Waals surface area contributed by atoms with E-state index in [9.17, 15) is 47.9 Å². The van der Waals surface area contributed by atoms with Crippen molar-refractivity contribution in [1.82, 2.24) is 81.1 Å². The van der Waals surface area contributed by atoms with Crippen LogP contribution in [-0.2, 0) is 64.4 Å². The van der Waals surface area contributed by atoms with Gasteiger partial charge in [-0.05, 0) is 151 Å². The Hall–Kier alpha value is -7.80. The maximum absolute atomic E-state index is 14.1. The molecule has 492 valence electrons. The second-order valence-electron chi connectivity index (χ2n) is 23.2. The van der Waals surface area contributed by atoms with E-state index < -0.39 is 35.4 Å². The minimum atomic E-state index is -1.23. The highest BCUT2D eigenvalue weighted by Crippen LogP contribution is 2.15. The third-order valence-corrected chi connectivity index (χ3v) is 16.0. The number of carbonyl (C=O) groups is 9. The largest absolute Gasteiger partial charge is 0.379 e. The lowest BCUT2D eigenvalue weighted by Gasteiger charge is -2.33. The summed E-state index contributed by atoms with van der Waals surface area (Å²) in [6.07, 6.45) is 7.24. The Bertz CT molecular complexity index is 3270. The molecule has 0 radical (unpaired) electrons. The van der Waals surface area contributed by atoms with Crippen LogP contribution in [0.5, 0.6) is 0 Å². The highest BCUT2D eigenvalue weighted by molar-refractivity contribution is 14.1. The molecule has 0 spiro atoms. The Morgan fingerprint density at radius 2 is 1.19 bits per heavy atom. The summed E-state index contributed by atoms with van der Waals surface area (Å²) in [6.45, 7) is 14.6. The zero-order valence-electron chi connectivity index (χ0n) is 53.0. The molecule has 2 atom stereocenters. The Kier molecular flexibility index (Phi) is 30.3. The number of aromatic nitrogens is 7. The van der Waals surface area contributed by atoms with Crippen LogP contribution in [0.2, 0.25) is 0 Å². The number of H-pyrrole nitrogens is 1. The fraction of sp³-hybridized carbons (Fsp3) is 0.540. The summed E-state index contributed by atoms with van der Waals surface area (Å²) in [6, 6.07) is 12.5. The first kappa shape index (κ1) is 72.3. The van der Waals surface area contributed by atoms with Crippen molar-refractivity contribution < 1.29 is 43.2 Å². The summed E-state index contributed by atoms with van der Waals surface area (Å²) in [5.74, 6) is -1.65. The molecule has 5 amide bonds. The third kappa shape index (κ3) is 26.9. The van der Waals surface area contributed by atoms with Crippen LogP contribution in [0.3, 0.4) is 0 Å². The predicted molar refractivity (Wildman–Crippen MR) is 350 cm³/mol. The van der Waals surface area contributed by atoms with E-state index in [4.69, 9.17) is 0 Å². The molecule has 91 heavy (non-hydrogen) atoms. The normalized spacial score (nSPS) is 14.5. The smallest absolute Gasteiger partial charge is 0.279 e. The van der Waals surface area contributed by atoms with Crippen molar-refractivity contribution in [3.63, 3.8) is 0 Å². The number of carbonyl (C=O) groups excluding carboxylic acids is 9. The van der Waals surface area contributed by atoms with Gasteiger partial charge in [-0.2, -0.15) is 0 Å². The first-order chi connectivity index (χ1) is 43.7. The number of hydrogen-bond donors (Lipinski definition) is 7. The number of Topliss-reactive ketones (excluding diaryl/α,β-unsaturated/α-hetero) is 4. The molecule has 28 heteroatoms. The summed E-state index contributed by atoms with van der Waals surface area (Å²) in [5.41, 5.74) is 3.04. The van der Waals surface area contributed by atoms with Crippen molar-refractivity contribution in [2.24, 2.45) is 0 Å². The van der Waals surface area contributed by atoms with Gasteiger partial charge in [-0.25, -0.2) is 19.6 Å². The minimum absolute atomic E-state index is 0.0273. The number of aromatic amines is 1. The Morgan fingerprint density at radius 1 is 0.604 bits per heavy atom. The number of halogens is 1. The molecular weight excluding hydrogens is 1280 g/mol. The summed E-state index contributed by atoms with van der Waals surface area (Å²) in [7, 11) is 0. The molecule has 27 nitrogen and oxygen atoms in total. The van der Waals surface area contributed by atoms with Crippen LogP contribution in [-0.4, -0.2) is 211 Å². The van der Waals surface area contributed by atoms with Crippen LogP contribution in [0.25, 0.3) is 11.2 Å². The molecule has 5 aromatic rings. The molecule has 4 heterocycles. The molecule has 1 aliphatic rings. The van der Waals surface area contributed by atoms with Gasteiger partial charge in [0.15, 0.2) is 16.9 Å². The molecule has 0 aliphatic carbocycles. The van der Waals surface area contributed by atoms with Crippen molar-refractivity contribution >= 4 is 92.1 Å². The van der Waals surface area contributed by atoms with E-state index in [1.165, 1.54) is 24.9 Å². The van der Waals surface area contributed by atoms with Crippen LogP contribution in [0.1, 0.15) is 119 Å². The van der Waals surface area contributed by atoms with Gasteiger partial charge in [-0.15, -0.1) is 5.10 Å². The van der Waals surface area contributed by atoms with Gasteiger partial charge in [0.2, 0.25) is 23.6 Å². The monoisotopic (exact) mass is 1370 g/mol. The van der Waals surface area contributed by atoms with Crippen LogP contribution in [0.15, 0.2) is 65.7 Å². The number of anilines is 1. The van der Waals surface area contributed by atoms with Gasteiger partial charge in [0.1, 0.15) is 29.2 Å². The number of rotatable bonds is 35. The van der Waals surface area contributed by atoms with Crippen molar-refractivity contribution in [2.45, 2.75) is 131 Å². The average molecular weight is 1370 g/mol. The van der Waals surface area contributed by atoms with Gasteiger partial charge < -0.3 is 36.9 Å². The van der Waals surface area contributed by atoms with Crippen LogP contribution < -0.4 is 37.5 Å². The summed E-state index contributed by atoms with van der Waals surface area (Å²) in [4.78, 5) is 153. The van der Waals surface area contributed by atoms with E-state index in [2.05, 4.69) is 112 Å². The number of nitrogens with zero attached hydrogens (tertiary/aromatic N) is 10. The van der Waals surface area contributed by atoms with E-state index in [0.29, 0.717) is 133 Å². The number of fused-ring (bicyclic) bond motifs is 1. The summed E-state index contributed by atoms with van der Waals surface area (Å²) >= 11 is 2.25. The molecule has 7 N–H and O–H groups in total. The maximum atomic E-state index is 14.1. The molecule has 3 aromatic heterocycles. The zero-order chi connectivity index (χ0) is 65.7. The lowest BCUT2D eigenvalue weighted by Crippen LogP contribution is -2.51. The van der Waals surface area contributed by atoms with Gasteiger partial charge in [0.05, 0.1) is 69.1 Å². The lowest BCUT2D eigenvalue weighted by atomic mass is 10.0. The molecule has 0 bridgehead atoms. The number of ketones is 4. The number of unbranched alkanes of at least 4 members (excludes halogenated alkanes) is 2. The van der Waals surface area contributed by atoms with E-state index >= 15 is 0 Å². The van der Waals surface area contributed by atoms with Gasteiger partial charge in [-0.1, -0.05) is 17.3 Å². The van der Waals surface area contributed by atoms with E-state index in [1.54, 1.807) is 56.6 Å². The molecule has 0 saturated carbocycles. The van der Waals surface area contributed by atoms with Crippen molar-refractivity contribution in [3.8, 4) is 0 Å². The number of hydrogen-bond acceptors (Lipinski definition) is 20. The Morgan fingerprint density at radius 3 is 1.79 bits per heavy atom. The van der Waals surface area contributed by atoms with Crippen LogP contribution >= 0.6 is 22.6 Å². The molecular formula is C63H88IN17O10. The van der Waals surface area contributed by atoms with Crippen LogP contribution in [0.4, 0.5) is 5.69 Å². The number of benzene rings is 2. The topological polar surface area (TPSA) is 341 Å². The molecule has 2 aromatic carbocycles. The fourth-order valence-electron chi connectivity index (χ4n) is 10.3. The molecule has 1 aliphatic heterocycles. The maximum Gasteiger partial charge on any atom is 0.279 e. The van der Waals surface area contributed by atoms with Gasteiger partial charge >= 0.3 is 0 Å². The summed E-state index contributed by atoms with van der Waals surface area (Å²) in [5, 5.41) is 25.8. The Labute approximate surface area is 544 Å². The summed E-state index contributed by atoms with van der Waals surface area (Å²) < 4.78 is 2.81.